The van der Waals surface area contributed by atoms with Crippen molar-refractivity contribution in [1.29, 1.82) is 0 Å². The Balaban J connectivity index is 1.81. The van der Waals surface area contributed by atoms with Crippen LogP contribution in [-0.2, 0) is 0 Å². The average molecular weight is 325 g/mol. The molecule has 3 rings (SSSR count). The Kier molecular flexibility index (Phi) is 5.76. The van der Waals surface area contributed by atoms with Gasteiger partial charge in [0.25, 0.3) is 0 Å². The van der Waals surface area contributed by atoms with Crippen LogP contribution in [0.4, 0.5) is 5.69 Å². The van der Waals surface area contributed by atoms with Crippen LogP contribution in [0.2, 0.25) is 0 Å². The van der Waals surface area contributed by atoms with Crippen molar-refractivity contribution in [2.24, 2.45) is 5.92 Å². The summed E-state index contributed by atoms with van der Waals surface area (Å²) in [5, 5.41) is 14.6. The predicted octanol–water partition coefficient (Wildman–Crippen LogP) is 4.79. The second-order valence-corrected chi connectivity index (χ2v) is 6.65. The lowest BCUT2D eigenvalue weighted by atomic mass is 9.81. The number of ether oxygens (including phenoxy) is 1. The highest BCUT2D eigenvalue weighted by Crippen LogP contribution is 2.34. The molecule has 0 aliphatic heterocycles. The predicted molar refractivity (Wildman–Crippen MR) is 98.4 cm³/mol. The summed E-state index contributed by atoms with van der Waals surface area (Å²) in [6.07, 6.45) is 5.61. The zero-order valence-corrected chi connectivity index (χ0v) is 14.3. The molecule has 0 radical (unpaired) electrons. The summed E-state index contributed by atoms with van der Waals surface area (Å²) >= 11 is 0. The van der Waals surface area contributed by atoms with Gasteiger partial charge in [-0.1, -0.05) is 49.6 Å². The van der Waals surface area contributed by atoms with Gasteiger partial charge in [0.2, 0.25) is 0 Å². The number of hydrogen-bond donors (Lipinski definition) is 2. The van der Waals surface area contributed by atoms with Crippen molar-refractivity contribution < 1.29 is 9.84 Å². The summed E-state index contributed by atoms with van der Waals surface area (Å²) in [4.78, 5) is 0. The molecule has 3 nitrogen and oxygen atoms in total. The molecule has 2 aromatic carbocycles. The number of aliphatic hydroxyl groups excluding tert-OH is 1. The number of nitrogens with one attached hydrogen (secondary N) is 1. The summed E-state index contributed by atoms with van der Waals surface area (Å²) in [6, 6.07) is 18.1. The van der Waals surface area contributed by atoms with Crippen LogP contribution >= 0.6 is 0 Å². The SMILES string of the molecule is COc1ccc(NC(c2ccccc2)C(O)C2CCCCC2)cc1. The van der Waals surface area contributed by atoms with Crippen molar-refractivity contribution in [2.45, 2.75) is 44.2 Å². The second-order valence-electron chi connectivity index (χ2n) is 6.65. The van der Waals surface area contributed by atoms with E-state index in [-0.39, 0.29) is 12.1 Å². The molecule has 1 aliphatic rings. The number of rotatable bonds is 6. The zero-order valence-electron chi connectivity index (χ0n) is 14.3. The molecule has 1 saturated carbocycles. The molecule has 2 atom stereocenters. The molecular formula is C21H27NO2. The lowest BCUT2D eigenvalue weighted by molar-refractivity contribution is 0.0676. The van der Waals surface area contributed by atoms with Gasteiger partial charge in [-0.15, -0.1) is 0 Å². The van der Waals surface area contributed by atoms with Gasteiger partial charge < -0.3 is 15.2 Å². The fourth-order valence-corrected chi connectivity index (χ4v) is 3.64. The third-order valence-electron chi connectivity index (χ3n) is 5.05. The van der Waals surface area contributed by atoms with Gasteiger partial charge in [-0.05, 0) is 48.6 Å². The van der Waals surface area contributed by atoms with Crippen LogP contribution in [0.3, 0.4) is 0 Å². The summed E-state index contributed by atoms with van der Waals surface area (Å²) in [5.74, 6) is 1.21. The van der Waals surface area contributed by atoms with Gasteiger partial charge in [0.1, 0.15) is 5.75 Å². The van der Waals surface area contributed by atoms with E-state index >= 15 is 0 Å². The maximum absolute atomic E-state index is 11.1. The largest absolute Gasteiger partial charge is 0.497 e. The molecule has 128 valence electrons. The molecule has 0 spiro atoms. The Morgan fingerprint density at radius 1 is 0.958 bits per heavy atom. The van der Waals surface area contributed by atoms with Gasteiger partial charge in [0.05, 0.1) is 19.3 Å². The second kappa shape index (κ2) is 8.20. The average Bonchev–Trinajstić information content (AvgIpc) is 2.67. The van der Waals surface area contributed by atoms with Crippen LogP contribution in [0.25, 0.3) is 0 Å². The molecule has 3 heteroatoms. The van der Waals surface area contributed by atoms with E-state index in [9.17, 15) is 5.11 Å². The first-order valence-corrected chi connectivity index (χ1v) is 8.91. The molecule has 0 saturated heterocycles. The van der Waals surface area contributed by atoms with Crippen molar-refractivity contribution in [3.63, 3.8) is 0 Å². The molecule has 2 aromatic rings. The molecule has 1 fully saturated rings. The molecule has 0 heterocycles. The Morgan fingerprint density at radius 2 is 1.62 bits per heavy atom. The van der Waals surface area contributed by atoms with E-state index in [4.69, 9.17) is 4.74 Å². The minimum absolute atomic E-state index is 0.0947. The standard InChI is InChI=1S/C21H27NO2/c1-24-19-14-12-18(13-15-19)22-20(16-8-4-2-5-9-16)21(23)17-10-6-3-7-11-17/h2,4-5,8-9,12-15,17,20-23H,3,6-7,10-11H2,1H3. The van der Waals surface area contributed by atoms with Crippen LogP contribution in [-0.4, -0.2) is 18.3 Å². The third kappa shape index (κ3) is 4.09. The fraction of sp³-hybridized carbons (Fsp3) is 0.429. The van der Waals surface area contributed by atoms with Crippen molar-refractivity contribution >= 4 is 5.69 Å². The van der Waals surface area contributed by atoms with Crippen LogP contribution in [0.1, 0.15) is 43.7 Å². The fourth-order valence-electron chi connectivity index (χ4n) is 3.64. The maximum Gasteiger partial charge on any atom is 0.119 e. The molecule has 0 aromatic heterocycles. The van der Waals surface area contributed by atoms with E-state index < -0.39 is 0 Å². The lowest BCUT2D eigenvalue weighted by Gasteiger charge is -2.33. The number of benzene rings is 2. The van der Waals surface area contributed by atoms with Crippen molar-refractivity contribution in [1.82, 2.24) is 0 Å². The quantitative estimate of drug-likeness (QED) is 0.802. The van der Waals surface area contributed by atoms with Gasteiger partial charge in [-0.3, -0.25) is 0 Å². The van der Waals surface area contributed by atoms with Gasteiger partial charge >= 0.3 is 0 Å². The van der Waals surface area contributed by atoms with E-state index in [0.717, 1.165) is 29.8 Å². The van der Waals surface area contributed by atoms with E-state index in [2.05, 4.69) is 17.4 Å². The highest BCUT2D eigenvalue weighted by molar-refractivity contribution is 5.48. The topological polar surface area (TPSA) is 41.5 Å². The van der Waals surface area contributed by atoms with E-state index in [1.54, 1.807) is 7.11 Å². The third-order valence-corrected chi connectivity index (χ3v) is 5.05. The van der Waals surface area contributed by atoms with Crippen molar-refractivity contribution in [3.05, 3.63) is 60.2 Å². The van der Waals surface area contributed by atoms with E-state index in [1.165, 1.54) is 19.3 Å². The first-order chi connectivity index (χ1) is 11.8. The Labute approximate surface area is 144 Å². The first kappa shape index (κ1) is 16.8. The Morgan fingerprint density at radius 3 is 2.25 bits per heavy atom. The van der Waals surface area contributed by atoms with E-state index in [1.807, 2.05) is 42.5 Å². The van der Waals surface area contributed by atoms with Crippen LogP contribution in [0.5, 0.6) is 5.75 Å². The highest BCUT2D eigenvalue weighted by atomic mass is 16.5. The molecule has 0 bridgehead atoms. The molecule has 1 aliphatic carbocycles. The van der Waals surface area contributed by atoms with Gasteiger partial charge in [0, 0.05) is 5.69 Å². The maximum atomic E-state index is 11.1. The summed E-state index contributed by atoms with van der Waals surface area (Å²) < 4.78 is 5.22. The lowest BCUT2D eigenvalue weighted by Crippen LogP contribution is -2.33. The van der Waals surface area contributed by atoms with Crippen molar-refractivity contribution in [2.75, 3.05) is 12.4 Å². The monoisotopic (exact) mass is 325 g/mol. The molecule has 2 unspecified atom stereocenters. The normalized spacial score (nSPS) is 17.9. The summed E-state index contributed by atoms with van der Waals surface area (Å²) in [7, 11) is 1.67. The first-order valence-electron chi connectivity index (χ1n) is 8.91. The van der Waals surface area contributed by atoms with Crippen LogP contribution in [0.15, 0.2) is 54.6 Å². The van der Waals surface area contributed by atoms with Gasteiger partial charge in [-0.25, -0.2) is 0 Å². The minimum atomic E-state index is -0.380. The molecule has 0 amide bonds. The Hall–Kier alpha value is -2.00. The molecule has 2 N–H and O–H groups in total. The number of hydrogen-bond acceptors (Lipinski definition) is 3. The number of methoxy groups -OCH3 is 1. The smallest absolute Gasteiger partial charge is 0.119 e. The summed E-state index contributed by atoms with van der Waals surface area (Å²) in [5.41, 5.74) is 2.13. The number of anilines is 1. The summed E-state index contributed by atoms with van der Waals surface area (Å²) in [6.45, 7) is 0. The molecule has 24 heavy (non-hydrogen) atoms. The zero-order chi connectivity index (χ0) is 16.8. The molecular weight excluding hydrogens is 298 g/mol. The van der Waals surface area contributed by atoms with Gasteiger partial charge in [-0.2, -0.15) is 0 Å². The Bertz CT molecular complexity index is 605. The van der Waals surface area contributed by atoms with Crippen LogP contribution < -0.4 is 10.1 Å². The number of aliphatic hydroxyl groups is 1. The van der Waals surface area contributed by atoms with Gasteiger partial charge in [0.15, 0.2) is 0 Å². The highest BCUT2D eigenvalue weighted by Gasteiger charge is 2.29. The van der Waals surface area contributed by atoms with Crippen LogP contribution in [0, 0.1) is 5.92 Å². The van der Waals surface area contributed by atoms with E-state index in [0.29, 0.717) is 5.92 Å². The minimum Gasteiger partial charge on any atom is -0.497 e. The van der Waals surface area contributed by atoms with Crippen molar-refractivity contribution in [3.8, 4) is 5.75 Å².